The molecular formula is C15H24N4O3. The molecule has 1 atom stereocenters. The minimum atomic E-state index is -0.517. The molecule has 7 nitrogen and oxygen atoms in total. The van der Waals surface area contributed by atoms with Crippen LogP contribution in [0.4, 0.5) is 4.79 Å². The number of nitrogens with one attached hydrogen (secondary N) is 1. The molecule has 2 aliphatic heterocycles. The quantitative estimate of drug-likeness (QED) is 0.742. The first-order valence-corrected chi connectivity index (χ1v) is 8.16. The minimum Gasteiger partial charge on any atom is -0.335 e. The number of fused-ring (bicyclic) bond motifs is 1. The summed E-state index contributed by atoms with van der Waals surface area (Å²) in [6, 6.07) is -0.359. The summed E-state index contributed by atoms with van der Waals surface area (Å²) in [5.74, 6) is -0.103. The van der Waals surface area contributed by atoms with E-state index < -0.39 is 6.04 Å². The van der Waals surface area contributed by atoms with Crippen molar-refractivity contribution < 1.29 is 14.4 Å². The summed E-state index contributed by atoms with van der Waals surface area (Å²) in [5, 5.41) is 3.08. The Kier molecular flexibility index (Phi) is 4.22. The van der Waals surface area contributed by atoms with Crippen LogP contribution in [0.15, 0.2) is 0 Å². The first-order chi connectivity index (χ1) is 10.6. The zero-order valence-electron chi connectivity index (χ0n) is 13.1. The van der Waals surface area contributed by atoms with Gasteiger partial charge < -0.3 is 20.0 Å². The number of amides is 4. The zero-order chi connectivity index (χ0) is 15.7. The highest BCUT2D eigenvalue weighted by Crippen LogP contribution is 2.20. The first-order valence-electron chi connectivity index (χ1n) is 8.16. The lowest BCUT2D eigenvalue weighted by molar-refractivity contribution is -0.157. The Balaban J connectivity index is 1.61. The average molecular weight is 308 g/mol. The van der Waals surface area contributed by atoms with Crippen LogP contribution in [0.25, 0.3) is 0 Å². The van der Waals surface area contributed by atoms with Crippen molar-refractivity contribution in [3.8, 4) is 0 Å². The molecule has 0 aromatic rings. The standard InChI is InChI=1S/C15H24N4O3/c1-17-10-13(20)19-8-7-18(9-12(19)14(17)21)15(22)16-11-5-3-2-4-6-11/h11-12H,2-10H2,1H3,(H,16,22)/t12-/m1/s1. The van der Waals surface area contributed by atoms with Crippen molar-refractivity contribution in [1.29, 1.82) is 0 Å². The summed E-state index contributed by atoms with van der Waals surface area (Å²) in [6.07, 6.45) is 5.65. The predicted molar refractivity (Wildman–Crippen MR) is 80.1 cm³/mol. The maximum atomic E-state index is 12.4. The van der Waals surface area contributed by atoms with Gasteiger partial charge in [-0.05, 0) is 12.8 Å². The second-order valence-electron chi connectivity index (χ2n) is 6.53. The van der Waals surface area contributed by atoms with Crippen LogP contribution in [0.2, 0.25) is 0 Å². The highest BCUT2D eigenvalue weighted by molar-refractivity contribution is 5.95. The lowest BCUT2D eigenvalue weighted by atomic mass is 9.96. The molecule has 0 bridgehead atoms. The number of hydrogen-bond donors (Lipinski definition) is 1. The van der Waals surface area contributed by atoms with Crippen LogP contribution in [0.1, 0.15) is 32.1 Å². The average Bonchev–Trinajstić information content (AvgIpc) is 2.53. The molecule has 122 valence electrons. The van der Waals surface area contributed by atoms with Gasteiger partial charge in [-0.2, -0.15) is 0 Å². The Labute approximate surface area is 130 Å². The second-order valence-corrected chi connectivity index (χ2v) is 6.53. The van der Waals surface area contributed by atoms with Gasteiger partial charge in [0.2, 0.25) is 11.8 Å². The molecule has 2 saturated heterocycles. The summed E-state index contributed by atoms with van der Waals surface area (Å²) in [4.78, 5) is 41.4. The van der Waals surface area contributed by atoms with Crippen LogP contribution in [0, 0.1) is 0 Å². The number of hydrogen-bond acceptors (Lipinski definition) is 3. The van der Waals surface area contributed by atoms with E-state index in [4.69, 9.17) is 0 Å². The number of rotatable bonds is 1. The maximum Gasteiger partial charge on any atom is 0.317 e. The number of urea groups is 1. The monoisotopic (exact) mass is 308 g/mol. The highest BCUT2D eigenvalue weighted by atomic mass is 16.2. The van der Waals surface area contributed by atoms with Crippen molar-refractivity contribution in [1.82, 2.24) is 20.0 Å². The van der Waals surface area contributed by atoms with E-state index in [-0.39, 0.29) is 30.4 Å². The summed E-state index contributed by atoms with van der Waals surface area (Å²) >= 11 is 0. The Hall–Kier alpha value is -1.79. The number of carbonyl (C=O) groups excluding carboxylic acids is 3. The van der Waals surface area contributed by atoms with Gasteiger partial charge >= 0.3 is 6.03 Å². The van der Waals surface area contributed by atoms with E-state index in [0.29, 0.717) is 19.6 Å². The minimum absolute atomic E-state index is 0.0283. The Bertz CT molecular complexity index is 475. The second kappa shape index (κ2) is 6.14. The third-order valence-electron chi connectivity index (χ3n) is 4.95. The van der Waals surface area contributed by atoms with E-state index in [1.54, 1.807) is 16.8 Å². The fourth-order valence-electron chi connectivity index (χ4n) is 3.62. The highest BCUT2D eigenvalue weighted by Gasteiger charge is 2.42. The molecule has 0 aromatic carbocycles. The van der Waals surface area contributed by atoms with Gasteiger partial charge in [0.05, 0.1) is 13.1 Å². The Morgan fingerprint density at radius 3 is 2.59 bits per heavy atom. The van der Waals surface area contributed by atoms with Crippen LogP contribution >= 0.6 is 0 Å². The molecule has 0 spiro atoms. The lowest BCUT2D eigenvalue weighted by Crippen LogP contribution is -2.67. The van der Waals surface area contributed by atoms with Crippen LogP contribution in [-0.4, -0.2) is 77.9 Å². The van der Waals surface area contributed by atoms with Crippen LogP contribution in [0.5, 0.6) is 0 Å². The van der Waals surface area contributed by atoms with Crippen LogP contribution in [0.3, 0.4) is 0 Å². The van der Waals surface area contributed by atoms with Crippen molar-refractivity contribution in [2.75, 3.05) is 33.2 Å². The van der Waals surface area contributed by atoms with E-state index in [1.807, 2.05) is 0 Å². The largest absolute Gasteiger partial charge is 0.335 e. The molecule has 3 aliphatic rings. The van der Waals surface area contributed by atoms with Crippen molar-refractivity contribution in [2.45, 2.75) is 44.2 Å². The van der Waals surface area contributed by atoms with E-state index in [9.17, 15) is 14.4 Å². The molecule has 0 unspecified atom stereocenters. The van der Waals surface area contributed by atoms with Gasteiger partial charge in [0.1, 0.15) is 6.04 Å². The molecule has 4 amide bonds. The van der Waals surface area contributed by atoms with Crippen molar-refractivity contribution in [3.63, 3.8) is 0 Å². The van der Waals surface area contributed by atoms with Gasteiger partial charge in [0.15, 0.2) is 0 Å². The Morgan fingerprint density at radius 2 is 1.86 bits per heavy atom. The van der Waals surface area contributed by atoms with E-state index >= 15 is 0 Å². The molecule has 1 aliphatic carbocycles. The van der Waals surface area contributed by atoms with E-state index in [2.05, 4.69) is 5.32 Å². The summed E-state index contributed by atoms with van der Waals surface area (Å²) in [5.41, 5.74) is 0. The molecule has 22 heavy (non-hydrogen) atoms. The Morgan fingerprint density at radius 1 is 1.14 bits per heavy atom. The van der Waals surface area contributed by atoms with Gasteiger partial charge in [-0.1, -0.05) is 19.3 Å². The molecule has 3 fully saturated rings. The van der Waals surface area contributed by atoms with E-state index in [0.717, 1.165) is 12.8 Å². The molecule has 0 aromatic heterocycles. The van der Waals surface area contributed by atoms with E-state index in [1.165, 1.54) is 24.2 Å². The molecule has 7 heteroatoms. The van der Waals surface area contributed by atoms with Crippen molar-refractivity contribution >= 4 is 17.8 Å². The smallest absolute Gasteiger partial charge is 0.317 e. The first kappa shape index (κ1) is 15.1. The number of carbonyl (C=O) groups is 3. The third-order valence-corrected chi connectivity index (χ3v) is 4.95. The van der Waals surface area contributed by atoms with Gasteiger partial charge in [-0.15, -0.1) is 0 Å². The SMILES string of the molecule is CN1CC(=O)N2CCN(C(=O)NC3CCCCC3)C[C@@H]2C1=O. The van der Waals surface area contributed by atoms with Crippen molar-refractivity contribution in [2.24, 2.45) is 0 Å². The fourth-order valence-corrected chi connectivity index (χ4v) is 3.62. The molecule has 1 saturated carbocycles. The maximum absolute atomic E-state index is 12.4. The summed E-state index contributed by atoms with van der Waals surface area (Å²) in [7, 11) is 1.64. The lowest BCUT2D eigenvalue weighted by Gasteiger charge is -2.45. The van der Waals surface area contributed by atoms with Gasteiger partial charge in [0.25, 0.3) is 0 Å². The normalized spacial score (nSPS) is 27.0. The third kappa shape index (κ3) is 2.89. The van der Waals surface area contributed by atoms with Crippen molar-refractivity contribution in [3.05, 3.63) is 0 Å². The van der Waals surface area contributed by atoms with Gasteiger partial charge in [-0.25, -0.2) is 4.79 Å². The van der Waals surface area contributed by atoms with Crippen LogP contribution < -0.4 is 5.32 Å². The molecule has 3 rings (SSSR count). The number of likely N-dealkylation sites (N-methyl/N-ethyl adjacent to an activating group) is 1. The number of piperazine rings is 2. The topological polar surface area (TPSA) is 73.0 Å². The zero-order valence-corrected chi connectivity index (χ0v) is 13.1. The predicted octanol–water partition coefficient (Wildman–Crippen LogP) is 0.0135. The van der Waals surface area contributed by atoms with Crippen LogP contribution in [-0.2, 0) is 9.59 Å². The number of nitrogens with zero attached hydrogens (tertiary/aromatic N) is 3. The fraction of sp³-hybridized carbons (Fsp3) is 0.800. The van der Waals surface area contributed by atoms with Gasteiger partial charge in [-0.3, -0.25) is 9.59 Å². The summed E-state index contributed by atoms with van der Waals surface area (Å²) in [6.45, 7) is 1.38. The molecule has 0 radical (unpaired) electrons. The summed E-state index contributed by atoms with van der Waals surface area (Å²) < 4.78 is 0. The van der Waals surface area contributed by atoms with Gasteiger partial charge in [0, 0.05) is 26.2 Å². The molecular weight excluding hydrogens is 284 g/mol. The molecule has 2 heterocycles. The molecule has 1 N–H and O–H groups in total.